The first-order chi connectivity index (χ1) is 12.8. The van der Waals surface area contributed by atoms with E-state index < -0.39 is 0 Å². The molecule has 1 aliphatic rings. The highest BCUT2D eigenvalue weighted by Gasteiger charge is 2.17. The number of hydrogen-bond donors (Lipinski definition) is 0. The lowest BCUT2D eigenvalue weighted by Crippen LogP contribution is -2.23. The Labute approximate surface area is 154 Å². The maximum atomic E-state index is 5.83. The van der Waals surface area contributed by atoms with Gasteiger partial charge in [-0.1, -0.05) is 36.4 Å². The van der Waals surface area contributed by atoms with Gasteiger partial charge in [-0.15, -0.1) is 10.2 Å². The van der Waals surface area contributed by atoms with Crippen LogP contribution in [0, 0.1) is 0 Å². The molecule has 0 radical (unpaired) electrons. The van der Waals surface area contributed by atoms with E-state index in [9.17, 15) is 0 Å². The van der Waals surface area contributed by atoms with Crippen LogP contribution in [0.3, 0.4) is 0 Å². The summed E-state index contributed by atoms with van der Waals surface area (Å²) >= 11 is 0. The SMILES string of the molecule is CN(Cc1nnc(-c2ccccc2)o1)Cc1ccccc1N1CCCC1. The van der Waals surface area contributed by atoms with Crippen LogP contribution in [0.15, 0.2) is 59.0 Å². The number of aromatic nitrogens is 2. The first-order valence-electron chi connectivity index (χ1n) is 9.19. The van der Waals surface area contributed by atoms with E-state index in [0.29, 0.717) is 18.3 Å². The van der Waals surface area contributed by atoms with Gasteiger partial charge in [0, 0.05) is 30.9 Å². The van der Waals surface area contributed by atoms with Gasteiger partial charge in [-0.05, 0) is 43.7 Å². The minimum absolute atomic E-state index is 0.575. The molecular weight excluding hydrogens is 324 g/mol. The van der Waals surface area contributed by atoms with Crippen molar-refractivity contribution in [3.63, 3.8) is 0 Å². The summed E-state index contributed by atoms with van der Waals surface area (Å²) in [5.41, 5.74) is 3.65. The molecule has 0 spiro atoms. The average molecular weight is 348 g/mol. The summed E-state index contributed by atoms with van der Waals surface area (Å²) in [5, 5.41) is 8.38. The van der Waals surface area contributed by atoms with Gasteiger partial charge in [0.1, 0.15) is 0 Å². The smallest absolute Gasteiger partial charge is 0.247 e. The Kier molecular flexibility index (Phi) is 4.97. The van der Waals surface area contributed by atoms with E-state index in [2.05, 4.69) is 51.3 Å². The lowest BCUT2D eigenvalue weighted by atomic mass is 10.1. The Morgan fingerprint density at radius 3 is 2.46 bits per heavy atom. The first kappa shape index (κ1) is 16.8. The Balaban J connectivity index is 1.43. The fourth-order valence-corrected chi connectivity index (χ4v) is 3.50. The van der Waals surface area contributed by atoms with E-state index in [1.807, 2.05) is 30.3 Å². The molecule has 4 rings (SSSR count). The van der Waals surface area contributed by atoms with Crippen LogP contribution < -0.4 is 4.90 Å². The van der Waals surface area contributed by atoms with Gasteiger partial charge < -0.3 is 9.32 Å². The third-order valence-electron chi connectivity index (χ3n) is 4.77. The predicted molar refractivity (Wildman–Crippen MR) is 103 cm³/mol. The molecule has 0 amide bonds. The molecule has 134 valence electrons. The number of rotatable bonds is 6. The third-order valence-corrected chi connectivity index (χ3v) is 4.77. The summed E-state index contributed by atoms with van der Waals surface area (Å²) in [6.45, 7) is 3.81. The molecule has 1 aromatic heterocycles. The lowest BCUT2D eigenvalue weighted by molar-refractivity contribution is 0.283. The zero-order valence-electron chi connectivity index (χ0n) is 15.1. The van der Waals surface area contributed by atoms with E-state index in [4.69, 9.17) is 4.42 Å². The van der Waals surface area contributed by atoms with Crippen LogP contribution in [-0.4, -0.2) is 35.2 Å². The van der Waals surface area contributed by atoms with Gasteiger partial charge >= 0.3 is 0 Å². The van der Waals surface area contributed by atoms with Crippen molar-refractivity contribution in [2.24, 2.45) is 0 Å². The standard InChI is InChI=1S/C21H24N4O/c1-24(15-18-11-5-6-12-19(18)25-13-7-8-14-25)16-20-22-23-21(26-20)17-9-3-2-4-10-17/h2-6,9-12H,7-8,13-16H2,1H3. The number of para-hydroxylation sites is 1. The molecule has 0 atom stereocenters. The van der Waals surface area contributed by atoms with E-state index in [1.54, 1.807) is 0 Å². The number of anilines is 1. The monoisotopic (exact) mass is 348 g/mol. The van der Waals surface area contributed by atoms with Crippen LogP contribution in [0.25, 0.3) is 11.5 Å². The van der Waals surface area contributed by atoms with Gasteiger partial charge in [0.2, 0.25) is 11.8 Å². The highest BCUT2D eigenvalue weighted by molar-refractivity contribution is 5.54. The van der Waals surface area contributed by atoms with Gasteiger partial charge in [0.25, 0.3) is 0 Å². The molecule has 0 N–H and O–H groups in total. The van der Waals surface area contributed by atoms with E-state index >= 15 is 0 Å². The minimum atomic E-state index is 0.575. The van der Waals surface area contributed by atoms with Crippen molar-refractivity contribution in [1.82, 2.24) is 15.1 Å². The molecule has 1 fully saturated rings. The molecule has 2 heterocycles. The van der Waals surface area contributed by atoms with E-state index in [-0.39, 0.29) is 0 Å². The van der Waals surface area contributed by atoms with Crippen LogP contribution in [0.5, 0.6) is 0 Å². The predicted octanol–water partition coefficient (Wildman–Crippen LogP) is 3.97. The molecule has 0 unspecified atom stereocenters. The normalized spacial score (nSPS) is 14.3. The topological polar surface area (TPSA) is 45.4 Å². The van der Waals surface area contributed by atoms with Gasteiger partial charge in [-0.3, -0.25) is 4.90 Å². The summed E-state index contributed by atoms with van der Waals surface area (Å²) < 4.78 is 5.83. The maximum Gasteiger partial charge on any atom is 0.247 e. The molecule has 0 aliphatic carbocycles. The van der Waals surface area contributed by atoms with Crippen molar-refractivity contribution in [1.29, 1.82) is 0 Å². The second kappa shape index (κ2) is 7.70. The van der Waals surface area contributed by atoms with E-state index in [1.165, 1.54) is 24.1 Å². The highest BCUT2D eigenvalue weighted by Crippen LogP contribution is 2.26. The highest BCUT2D eigenvalue weighted by atomic mass is 16.4. The number of nitrogens with zero attached hydrogens (tertiary/aromatic N) is 4. The Bertz CT molecular complexity index is 840. The molecule has 1 aliphatic heterocycles. The Morgan fingerprint density at radius 1 is 0.923 bits per heavy atom. The molecule has 2 aromatic carbocycles. The van der Waals surface area contributed by atoms with Crippen LogP contribution in [0.2, 0.25) is 0 Å². The fourth-order valence-electron chi connectivity index (χ4n) is 3.50. The van der Waals surface area contributed by atoms with Gasteiger partial charge in [0.15, 0.2) is 0 Å². The molecule has 1 saturated heterocycles. The second-order valence-electron chi connectivity index (χ2n) is 6.86. The third kappa shape index (κ3) is 3.78. The van der Waals surface area contributed by atoms with Crippen LogP contribution in [-0.2, 0) is 13.1 Å². The summed E-state index contributed by atoms with van der Waals surface area (Å²) in [5.74, 6) is 1.22. The first-order valence-corrected chi connectivity index (χ1v) is 9.19. The second-order valence-corrected chi connectivity index (χ2v) is 6.86. The van der Waals surface area contributed by atoms with Crippen molar-refractivity contribution in [2.75, 3.05) is 25.0 Å². The molecule has 0 saturated carbocycles. The maximum absolute atomic E-state index is 5.83. The fraction of sp³-hybridized carbons (Fsp3) is 0.333. The van der Waals surface area contributed by atoms with Crippen molar-refractivity contribution < 1.29 is 4.42 Å². The van der Waals surface area contributed by atoms with Gasteiger partial charge in [-0.2, -0.15) is 0 Å². The molecule has 5 heteroatoms. The molecule has 5 nitrogen and oxygen atoms in total. The molecular formula is C21H24N4O. The lowest BCUT2D eigenvalue weighted by Gasteiger charge is -2.23. The van der Waals surface area contributed by atoms with Crippen molar-refractivity contribution in [2.45, 2.75) is 25.9 Å². The minimum Gasteiger partial charge on any atom is -0.419 e. The largest absolute Gasteiger partial charge is 0.419 e. The summed E-state index contributed by atoms with van der Waals surface area (Å²) in [6.07, 6.45) is 2.57. The zero-order valence-corrected chi connectivity index (χ0v) is 15.1. The van der Waals surface area contributed by atoms with Gasteiger partial charge in [0.05, 0.1) is 6.54 Å². The zero-order chi connectivity index (χ0) is 17.8. The molecule has 0 bridgehead atoms. The number of hydrogen-bond acceptors (Lipinski definition) is 5. The molecule has 3 aromatic rings. The average Bonchev–Trinajstić information content (AvgIpc) is 3.35. The summed E-state index contributed by atoms with van der Waals surface area (Å²) in [4.78, 5) is 4.71. The Morgan fingerprint density at radius 2 is 1.65 bits per heavy atom. The number of benzene rings is 2. The van der Waals surface area contributed by atoms with Crippen molar-refractivity contribution in [3.8, 4) is 11.5 Å². The van der Waals surface area contributed by atoms with Crippen LogP contribution >= 0.6 is 0 Å². The van der Waals surface area contributed by atoms with Gasteiger partial charge in [-0.25, -0.2) is 0 Å². The summed E-state index contributed by atoms with van der Waals surface area (Å²) in [7, 11) is 2.09. The van der Waals surface area contributed by atoms with Crippen molar-refractivity contribution in [3.05, 3.63) is 66.1 Å². The van der Waals surface area contributed by atoms with Crippen molar-refractivity contribution >= 4 is 5.69 Å². The van der Waals surface area contributed by atoms with E-state index in [0.717, 1.165) is 25.2 Å². The van der Waals surface area contributed by atoms with Crippen LogP contribution in [0.4, 0.5) is 5.69 Å². The Hall–Kier alpha value is -2.66. The quantitative estimate of drug-likeness (QED) is 0.674. The summed E-state index contributed by atoms with van der Waals surface area (Å²) in [6, 6.07) is 18.6. The molecule has 26 heavy (non-hydrogen) atoms. The van der Waals surface area contributed by atoms with Crippen LogP contribution in [0.1, 0.15) is 24.3 Å².